The normalized spacial score (nSPS) is 29.9. The van der Waals surface area contributed by atoms with E-state index in [4.69, 9.17) is 0 Å². The van der Waals surface area contributed by atoms with Crippen molar-refractivity contribution in [1.82, 2.24) is 5.32 Å². The highest BCUT2D eigenvalue weighted by Crippen LogP contribution is 2.24. The lowest BCUT2D eigenvalue weighted by Gasteiger charge is -2.09. The Morgan fingerprint density at radius 3 is 2.82 bits per heavy atom. The number of rotatable bonds is 2. The van der Waals surface area contributed by atoms with E-state index < -0.39 is 0 Å². The molecule has 2 heteroatoms. The monoisotopic (exact) mass is 153 g/mol. The molecule has 0 aromatic carbocycles. The molecule has 2 nitrogen and oxygen atoms in total. The maximum Gasteiger partial charge on any atom is 0.243 e. The molecule has 1 rings (SSSR count). The van der Waals surface area contributed by atoms with Gasteiger partial charge in [0.1, 0.15) is 0 Å². The summed E-state index contributed by atoms with van der Waals surface area (Å²) in [5.41, 5.74) is 0. The number of carbonyl (C=O) groups is 1. The molecule has 0 aromatic heterocycles. The van der Waals surface area contributed by atoms with Gasteiger partial charge in [-0.05, 0) is 31.3 Å². The van der Waals surface area contributed by atoms with Gasteiger partial charge in [-0.2, -0.15) is 0 Å². The summed E-state index contributed by atoms with van der Waals surface area (Å²) >= 11 is 0. The van der Waals surface area contributed by atoms with E-state index >= 15 is 0 Å². The van der Waals surface area contributed by atoms with Crippen LogP contribution in [0.1, 0.15) is 26.2 Å². The van der Waals surface area contributed by atoms with Crippen molar-refractivity contribution in [3.8, 4) is 0 Å². The number of hydrogen-bond acceptors (Lipinski definition) is 1. The molecule has 1 aliphatic rings. The third-order valence-electron chi connectivity index (χ3n) is 2.23. The summed E-state index contributed by atoms with van der Waals surface area (Å²) in [4.78, 5) is 10.8. The van der Waals surface area contributed by atoms with E-state index in [9.17, 15) is 4.79 Å². The molecule has 1 unspecified atom stereocenters. The minimum absolute atomic E-state index is 0.0379. The Morgan fingerprint density at radius 1 is 1.64 bits per heavy atom. The molecular weight excluding hydrogens is 138 g/mol. The highest BCUT2D eigenvalue weighted by Gasteiger charge is 2.21. The average molecular weight is 153 g/mol. The van der Waals surface area contributed by atoms with Gasteiger partial charge < -0.3 is 5.32 Å². The van der Waals surface area contributed by atoms with E-state index in [-0.39, 0.29) is 5.91 Å². The number of nitrogens with one attached hydrogen (secondary N) is 1. The molecule has 1 aliphatic carbocycles. The first-order valence-corrected chi connectivity index (χ1v) is 4.15. The molecule has 1 fully saturated rings. The Hall–Kier alpha value is -0.790. The molecule has 62 valence electrons. The molecule has 0 aromatic rings. The molecule has 2 atom stereocenters. The van der Waals surface area contributed by atoms with Crippen molar-refractivity contribution in [2.45, 2.75) is 32.2 Å². The van der Waals surface area contributed by atoms with Crippen LogP contribution in [0.4, 0.5) is 0 Å². The van der Waals surface area contributed by atoms with Gasteiger partial charge in [-0.1, -0.05) is 13.5 Å². The molecule has 11 heavy (non-hydrogen) atoms. The molecular formula is C9H15NO. The Morgan fingerprint density at radius 2 is 2.36 bits per heavy atom. The third kappa shape index (κ3) is 2.37. The van der Waals surface area contributed by atoms with Gasteiger partial charge in [0.25, 0.3) is 0 Å². The predicted octanol–water partition coefficient (Wildman–Crippen LogP) is 1.48. The maximum absolute atomic E-state index is 10.8. The topological polar surface area (TPSA) is 29.1 Å². The Balaban J connectivity index is 2.28. The fourth-order valence-electron chi connectivity index (χ4n) is 1.60. The van der Waals surface area contributed by atoms with Crippen LogP contribution in [0.5, 0.6) is 0 Å². The molecule has 0 heterocycles. The molecule has 0 bridgehead atoms. The summed E-state index contributed by atoms with van der Waals surface area (Å²) in [5.74, 6) is 0.731. The van der Waals surface area contributed by atoms with Crippen LogP contribution in [-0.4, -0.2) is 11.9 Å². The van der Waals surface area contributed by atoms with Crippen molar-refractivity contribution in [3.05, 3.63) is 12.7 Å². The fraction of sp³-hybridized carbons (Fsp3) is 0.667. The van der Waals surface area contributed by atoms with E-state index in [0.29, 0.717) is 6.04 Å². The van der Waals surface area contributed by atoms with Gasteiger partial charge in [0.05, 0.1) is 0 Å². The van der Waals surface area contributed by atoms with Gasteiger partial charge in [-0.3, -0.25) is 4.79 Å². The number of carbonyl (C=O) groups excluding carboxylic acids is 1. The quantitative estimate of drug-likeness (QED) is 0.598. The lowest BCUT2D eigenvalue weighted by atomic mass is 10.1. The predicted molar refractivity (Wildman–Crippen MR) is 45.1 cm³/mol. The van der Waals surface area contributed by atoms with Crippen LogP contribution in [0.3, 0.4) is 0 Å². The molecule has 1 N–H and O–H groups in total. The van der Waals surface area contributed by atoms with Crippen LogP contribution in [0.15, 0.2) is 12.7 Å². The highest BCUT2D eigenvalue weighted by molar-refractivity contribution is 5.87. The first-order valence-electron chi connectivity index (χ1n) is 4.15. The minimum atomic E-state index is -0.0379. The van der Waals surface area contributed by atoms with E-state index in [1.807, 2.05) is 0 Å². The van der Waals surface area contributed by atoms with Crippen LogP contribution in [-0.2, 0) is 4.79 Å². The third-order valence-corrected chi connectivity index (χ3v) is 2.23. The van der Waals surface area contributed by atoms with Gasteiger partial charge in [-0.25, -0.2) is 0 Å². The van der Waals surface area contributed by atoms with Crippen molar-refractivity contribution >= 4 is 5.91 Å². The summed E-state index contributed by atoms with van der Waals surface area (Å²) in [6.45, 7) is 5.63. The maximum atomic E-state index is 10.8. The Kier molecular flexibility index (Phi) is 2.69. The first kappa shape index (κ1) is 8.31. The van der Waals surface area contributed by atoms with Gasteiger partial charge in [0, 0.05) is 6.04 Å². The molecule has 0 aliphatic heterocycles. The van der Waals surface area contributed by atoms with E-state index in [0.717, 1.165) is 18.8 Å². The second-order valence-electron chi connectivity index (χ2n) is 3.33. The van der Waals surface area contributed by atoms with Gasteiger partial charge in [-0.15, -0.1) is 0 Å². The molecule has 0 spiro atoms. The van der Waals surface area contributed by atoms with Gasteiger partial charge in [0.2, 0.25) is 5.91 Å². The van der Waals surface area contributed by atoms with E-state index in [2.05, 4.69) is 18.8 Å². The van der Waals surface area contributed by atoms with Crippen molar-refractivity contribution in [1.29, 1.82) is 0 Å². The fourth-order valence-corrected chi connectivity index (χ4v) is 1.60. The summed E-state index contributed by atoms with van der Waals surface area (Å²) in [5, 5.41) is 2.90. The summed E-state index contributed by atoms with van der Waals surface area (Å²) in [6, 6.07) is 0.399. The smallest absolute Gasteiger partial charge is 0.243 e. The summed E-state index contributed by atoms with van der Waals surface area (Å²) < 4.78 is 0. The second kappa shape index (κ2) is 3.56. The van der Waals surface area contributed by atoms with Crippen molar-refractivity contribution in [2.75, 3.05) is 0 Å². The van der Waals surface area contributed by atoms with Crippen LogP contribution < -0.4 is 5.32 Å². The number of hydrogen-bond donors (Lipinski definition) is 1. The highest BCUT2D eigenvalue weighted by atomic mass is 16.1. The van der Waals surface area contributed by atoms with Crippen LogP contribution in [0, 0.1) is 5.92 Å². The second-order valence-corrected chi connectivity index (χ2v) is 3.33. The van der Waals surface area contributed by atoms with Crippen LogP contribution >= 0.6 is 0 Å². The standard InChI is InChI=1S/C9H15NO/c1-3-9(11)10-8-5-4-7(2)6-8/h3,7-8H,1,4-6H2,2H3,(H,10,11)/t7-,8?/m0/s1. The molecule has 0 saturated heterocycles. The van der Waals surface area contributed by atoms with Gasteiger partial charge >= 0.3 is 0 Å². The van der Waals surface area contributed by atoms with E-state index in [1.54, 1.807) is 0 Å². The lowest BCUT2D eigenvalue weighted by Crippen LogP contribution is -2.31. The summed E-state index contributed by atoms with van der Waals surface area (Å²) in [7, 11) is 0. The average Bonchev–Trinajstić information content (AvgIpc) is 2.35. The largest absolute Gasteiger partial charge is 0.350 e. The Labute approximate surface area is 67.7 Å². The zero-order valence-electron chi connectivity index (χ0n) is 6.97. The lowest BCUT2D eigenvalue weighted by molar-refractivity contribution is -0.117. The van der Waals surface area contributed by atoms with E-state index in [1.165, 1.54) is 12.5 Å². The molecule has 1 saturated carbocycles. The zero-order chi connectivity index (χ0) is 8.27. The van der Waals surface area contributed by atoms with Crippen LogP contribution in [0.25, 0.3) is 0 Å². The first-order chi connectivity index (χ1) is 5.22. The Bertz CT molecular complexity index is 165. The molecule has 0 radical (unpaired) electrons. The zero-order valence-corrected chi connectivity index (χ0v) is 6.97. The van der Waals surface area contributed by atoms with Gasteiger partial charge in [0.15, 0.2) is 0 Å². The van der Waals surface area contributed by atoms with Crippen molar-refractivity contribution < 1.29 is 4.79 Å². The summed E-state index contributed by atoms with van der Waals surface area (Å²) in [6.07, 6.45) is 4.82. The number of amides is 1. The van der Waals surface area contributed by atoms with Crippen molar-refractivity contribution in [2.24, 2.45) is 5.92 Å². The van der Waals surface area contributed by atoms with Crippen LogP contribution in [0.2, 0.25) is 0 Å². The van der Waals surface area contributed by atoms with Crippen molar-refractivity contribution in [3.63, 3.8) is 0 Å². The minimum Gasteiger partial charge on any atom is -0.350 e. The molecule has 1 amide bonds. The SMILES string of the molecule is C=CC(=O)NC1CC[C@H](C)C1.